The van der Waals surface area contributed by atoms with E-state index in [0.29, 0.717) is 31.9 Å². The summed E-state index contributed by atoms with van der Waals surface area (Å²) in [6.45, 7) is 5.47. The van der Waals surface area contributed by atoms with Crippen LogP contribution >= 0.6 is 0 Å². The molecule has 31 heavy (non-hydrogen) atoms. The fourth-order valence-corrected chi connectivity index (χ4v) is 5.05. The van der Waals surface area contributed by atoms with Gasteiger partial charge < -0.3 is 13.9 Å². The zero-order valence-electron chi connectivity index (χ0n) is 17.6. The SMILES string of the molecule is Cc1cc2occ(CC(=O)OCc3cccc(S(=O)(=O)N4CCOCC4)c3)c2cc1C. The molecule has 1 aliphatic heterocycles. The maximum absolute atomic E-state index is 12.8. The molecule has 0 N–H and O–H groups in total. The monoisotopic (exact) mass is 443 g/mol. The molecule has 1 saturated heterocycles. The highest BCUT2D eigenvalue weighted by atomic mass is 32.2. The van der Waals surface area contributed by atoms with Crippen LogP contribution in [-0.2, 0) is 37.3 Å². The average Bonchev–Trinajstić information content (AvgIpc) is 3.14. The first-order valence-corrected chi connectivity index (χ1v) is 11.6. The number of morpholine rings is 1. The minimum Gasteiger partial charge on any atom is -0.464 e. The summed E-state index contributed by atoms with van der Waals surface area (Å²) in [5.74, 6) is -0.401. The van der Waals surface area contributed by atoms with Crippen molar-refractivity contribution in [1.82, 2.24) is 4.31 Å². The van der Waals surface area contributed by atoms with Gasteiger partial charge in [-0.1, -0.05) is 12.1 Å². The van der Waals surface area contributed by atoms with Crippen molar-refractivity contribution in [3.63, 3.8) is 0 Å². The van der Waals surface area contributed by atoms with Crippen molar-refractivity contribution in [3.05, 3.63) is 64.9 Å². The smallest absolute Gasteiger partial charge is 0.310 e. The number of rotatable bonds is 6. The molecule has 0 spiro atoms. The Kier molecular flexibility index (Phi) is 6.13. The third-order valence-electron chi connectivity index (χ3n) is 5.51. The van der Waals surface area contributed by atoms with Crippen LogP contribution in [0, 0.1) is 13.8 Å². The molecule has 0 atom stereocenters. The predicted molar refractivity (Wildman–Crippen MR) is 115 cm³/mol. The Morgan fingerprint density at radius 1 is 1.10 bits per heavy atom. The van der Waals surface area contributed by atoms with Crippen LogP contribution in [0.3, 0.4) is 0 Å². The summed E-state index contributed by atoms with van der Waals surface area (Å²) in [7, 11) is -3.60. The topological polar surface area (TPSA) is 86.0 Å². The maximum Gasteiger partial charge on any atom is 0.310 e. The molecule has 0 radical (unpaired) electrons. The van der Waals surface area contributed by atoms with Gasteiger partial charge in [0.25, 0.3) is 0 Å². The van der Waals surface area contributed by atoms with E-state index < -0.39 is 16.0 Å². The second-order valence-corrected chi connectivity index (χ2v) is 9.63. The van der Waals surface area contributed by atoms with Gasteiger partial charge in [-0.2, -0.15) is 4.31 Å². The van der Waals surface area contributed by atoms with Crippen LogP contribution in [0.15, 0.2) is 52.0 Å². The van der Waals surface area contributed by atoms with Crippen LogP contribution in [0.25, 0.3) is 11.0 Å². The second-order valence-electron chi connectivity index (χ2n) is 7.69. The molecule has 1 fully saturated rings. The first kappa shape index (κ1) is 21.5. The highest BCUT2D eigenvalue weighted by molar-refractivity contribution is 7.89. The molecule has 0 bridgehead atoms. The van der Waals surface area contributed by atoms with Gasteiger partial charge in [0.2, 0.25) is 10.0 Å². The number of nitrogens with zero attached hydrogens (tertiary/aromatic N) is 1. The highest BCUT2D eigenvalue weighted by Gasteiger charge is 2.26. The fraction of sp³-hybridized carbons (Fsp3) is 0.348. The number of furan rings is 1. The van der Waals surface area contributed by atoms with Crippen LogP contribution in [0.1, 0.15) is 22.3 Å². The summed E-state index contributed by atoms with van der Waals surface area (Å²) in [5.41, 5.74) is 4.38. The zero-order chi connectivity index (χ0) is 22.0. The lowest BCUT2D eigenvalue weighted by atomic mass is 10.0. The molecule has 2 heterocycles. The lowest BCUT2D eigenvalue weighted by Gasteiger charge is -2.26. The molecule has 2 aromatic carbocycles. The van der Waals surface area contributed by atoms with E-state index in [9.17, 15) is 13.2 Å². The Hall–Kier alpha value is -2.68. The lowest BCUT2D eigenvalue weighted by molar-refractivity contribution is -0.144. The number of fused-ring (bicyclic) bond motifs is 1. The zero-order valence-corrected chi connectivity index (χ0v) is 18.4. The van der Waals surface area contributed by atoms with E-state index in [1.807, 2.05) is 26.0 Å². The molecule has 164 valence electrons. The average molecular weight is 444 g/mol. The van der Waals surface area contributed by atoms with Gasteiger partial charge in [-0.3, -0.25) is 4.79 Å². The first-order chi connectivity index (χ1) is 14.8. The van der Waals surface area contributed by atoms with E-state index in [-0.39, 0.29) is 17.9 Å². The van der Waals surface area contributed by atoms with Gasteiger partial charge >= 0.3 is 5.97 Å². The quantitative estimate of drug-likeness (QED) is 0.543. The Morgan fingerprint density at radius 2 is 1.84 bits per heavy atom. The number of hydrogen-bond acceptors (Lipinski definition) is 6. The van der Waals surface area contributed by atoms with Crippen molar-refractivity contribution in [2.45, 2.75) is 31.8 Å². The third kappa shape index (κ3) is 4.66. The van der Waals surface area contributed by atoms with E-state index in [2.05, 4.69) is 0 Å². The lowest BCUT2D eigenvalue weighted by Crippen LogP contribution is -2.40. The summed E-state index contributed by atoms with van der Waals surface area (Å²) in [6.07, 6.45) is 1.67. The van der Waals surface area contributed by atoms with Gasteiger partial charge in [0.1, 0.15) is 12.2 Å². The van der Waals surface area contributed by atoms with Gasteiger partial charge in [-0.15, -0.1) is 0 Å². The number of carbonyl (C=O) groups excluding carboxylic acids is 1. The van der Waals surface area contributed by atoms with Crippen LogP contribution < -0.4 is 0 Å². The Labute approximate surface area is 181 Å². The highest BCUT2D eigenvalue weighted by Crippen LogP contribution is 2.25. The molecule has 3 aromatic rings. The number of hydrogen-bond donors (Lipinski definition) is 0. The number of aryl methyl sites for hydroxylation is 2. The van der Waals surface area contributed by atoms with Crippen molar-refractivity contribution in [3.8, 4) is 0 Å². The van der Waals surface area contributed by atoms with Crippen LogP contribution in [0.5, 0.6) is 0 Å². The molecule has 7 nitrogen and oxygen atoms in total. The summed E-state index contributed by atoms with van der Waals surface area (Å²) >= 11 is 0. The molecule has 0 aliphatic carbocycles. The summed E-state index contributed by atoms with van der Waals surface area (Å²) < 4.78 is 43.3. The van der Waals surface area contributed by atoms with Gasteiger partial charge in [0, 0.05) is 24.0 Å². The predicted octanol–water partition coefficient (Wildman–Crippen LogP) is 3.36. The minimum atomic E-state index is -3.60. The molecule has 4 rings (SSSR count). The molecular formula is C23H25NO6S. The summed E-state index contributed by atoms with van der Waals surface area (Å²) in [4.78, 5) is 12.6. The Bertz CT molecular complexity index is 1210. The van der Waals surface area contributed by atoms with Crippen molar-refractivity contribution in [1.29, 1.82) is 0 Å². The van der Waals surface area contributed by atoms with Crippen molar-refractivity contribution < 1.29 is 27.1 Å². The van der Waals surface area contributed by atoms with Crippen LogP contribution in [0.4, 0.5) is 0 Å². The molecular weight excluding hydrogens is 418 g/mol. The number of esters is 1. The van der Waals surface area contributed by atoms with Crippen LogP contribution in [0.2, 0.25) is 0 Å². The van der Waals surface area contributed by atoms with Crippen molar-refractivity contribution in [2.24, 2.45) is 0 Å². The van der Waals surface area contributed by atoms with E-state index in [1.54, 1.807) is 30.5 Å². The largest absolute Gasteiger partial charge is 0.464 e. The second kappa shape index (κ2) is 8.82. The van der Waals surface area contributed by atoms with E-state index in [1.165, 1.54) is 4.31 Å². The van der Waals surface area contributed by atoms with E-state index in [4.69, 9.17) is 13.9 Å². The van der Waals surface area contributed by atoms with E-state index in [0.717, 1.165) is 27.7 Å². The Morgan fingerprint density at radius 3 is 2.61 bits per heavy atom. The van der Waals surface area contributed by atoms with Gasteiger partial charge in [0.15, 0.2) is 0 Å². The van der Waals surface area contributed by atoms with Gasteiger partial charge in [-0.25, -0.2) is 8.42 Å². The van der Waals surface area contributed by atoms with E-state index >= 15 is 0 Å². The van der Waals surface area contributed by atoms with Gasteiger partial charge in [0.05, 0.1) is 30.8 Å². The van der Waals surface area contributed by atoms with Crippen LogP contribution in [-0.4, -0.2) is 45.0 Å². The molecule has 1 aliphatic rings. The summed E-state index contributed by atoms with van der Waals surface area (Å²) in [5, 5.41) is 0.902. The maximum atomic E-state index is 12.8. The molecule has 1 aromatic heterocycles. The normalized spacial score (nSPS) is 15.3. The number of benzene rings is 2. The Balaban J connectivity index is 1.42. The first-order valence-electron chi connectivity index (χ1n) is 10.1. The standard InChI is InChI=1S/C23H25NO6S/c1-16-10-21-19(15-29-22(21)11-17(16)2)13-23(25)30-14-18-4-3-5-20(12-18)31(26,27)24-6-8-28-9-7-24/h3-5,10-12,15H,6-9,13-14H2,1-2H3. The number of carbonyl (C=O) groups is 1. The van der Waals surface area contributed by atoms with Crippen molar-refractivity contribution >= 4 is 27.0 Å². The number of sulfonamides is 1. The molecule has 0 saturated carbocycles. The van der Waals surface area contributed by atoms with Crippen molar-refractivity contribution in [2.75, 3.05) is 26.3 Å². The third-order valence-corrected chi connectivity index (χ3v) is 7.41. The number of ether oxygens (including phenoxy) is 2. The molecule has 0 unspecified atom stereocenters. The molecule has 8 heteroatoms. The van der Waals surface area contributed by atoms with Gasteiger partial charge in [-0.05, 0) is 54.8 Å². The fourth-order valence-electron chi connectivity index (χ4n) is 3.58. The summed E-state index contributed by atoms with van der Waals surface area (Å²) in [6, 6.07) is 10.5. The minimum absolute atomic E-state index is 0.000770. The molecule has 0 amide bonds.